The molecule has 0 aromatic rings. The lowest BCUT2D eigenvalue weighted by Gasteiger charge is -2.49. The number of ether oxygens (including phenoxy) is 3. The Bertz CT molecular complexity index is 460. The molecule has 2 saturated heterocycles. The van der Waals surface area contributed by atoms with Gasteiger partial charge in [-0.2, -0.15) is 0 Å². The molecule has 2 aliphatic heterocycles. The van der Waals surface area contributed by atoms with Gasteiger partial charge in [0.1, 0.15) is 0 Å². The fourth-order valence-corrected chi connectivity index (χ4v) is 5.12. The van der Waals surface area contributed by atoms with E-state index in [2.05, 4.69) is 40.7 Å². The summed E-state index contributed by atoms with van der Waals surface area (Å²) in [6, 6.07) is 0. The predicted molar refractivity (Wildman–Crippen MR) is 96.7 cm³/mol. The largest absolute Gasteiger partial charge is 0.374 e. The molecule has 3 aliphatic rings. The first-order valence-electron chi connectivity index (χ1n) is 9.95. The normalized spacial score (nSPS) is 50.4. The van der Waals surface area contributed by atoms with E-state index in [1.54, 1.807) is 5.57 Å². The van der Waals surface area contributed by atoms with Gasteiger partial charge < -0.3 is 14.2 Å². The van der Waals surface area contributed by atoms with E-state index in [4.69, 9.17) is 14.2 Å². The summed E-state index contributed by atoms with van der Waals surface area (Å²) in [4.78, 5) is 0. The van der Waals surface area contributed by atoms with Gasteiger partial charge in [-0.05, 0) is 57.8 Å². The van der Waals surface area contributed by atoms with Crippen LogP contribution in [0.25, 0.3) is 0 Å². The second kappa shape index (κ2) is 7.47. The molecule has 3 heteroatoms. The summed E-state index contributed by atoms with van der Waals surface area (Å²) < 4.78 is 18.5. The van der Waals surface area contributed by atoms with Crippen molar-refractivity contribution in [2.75, 3.05) is 6.61 Å². The second-order valence-corrected chi connectivity index (χ2v) is 8.79. The van der Waals surface area contributed by atoms with Gasteiger partial charge in [-0.3, -0.25) is 0 Å². The van der Waals surface area contributed by atoms with Gasteiger partial charge in [-0.25, -0.2) is 0 Å². The minimum absolute atomic E-state index is 0.0856. The van der Waals surface area contributed by atoms with Gasteiger partial charge in [0, 0.05) is 11.8 Å². The van der Waals surface area contributed by atoms with Crippen molar-refractivity contribution in [2.45, 2.75) is 85.4 Å². The molecule has 2 heterocycles. The van der Waals surface area contributed by atoms with E-state index in [1.807, 2.05) is 6.92 Å². The fraction of sp³-hybridized carbons (Fsp3) is 0.905. The van der Waals surface area contributed by atoms with Crippen molar-refractivity contribution < 1.29 is 14.2 Å². The monoisotopic (exact) mass is 336 g/mol. The Balaban J connectivity index is 1.69. The molecule has 0 aromatic heterocycles. The highest BCUT2D eigenvalue weighted by atomic mass is 16.7. The van der Waals surface area contributed by atoms with Crippen molar-refractivity contribution >= 4 is 0 Å². The fourth-order valence-electron chi connectivity index (χ4n) is 5.12. The Labute approximate surface area is 148 Å². The van der Waals surface area contributed by atoms with E-state index in [0.717, 1.165) is 12.5 Å². The molecular formula is C21H36O3. The number of allylic oxidation sites excluding steroid dienone is 2. The first-order chi connectivity index (χ1) is 11.4. The minimum atomic E-state index is -0.0856. The van der Waals surface area contributed by atoms with Crippen LogP contribution in [0.5, 0.6) is 0 Å². The molecular weight excluding hydrogens is 300 g/mol. The highest BCUT2D eigenvalue weighted by Crippen LogP contribution is 2.43. The molecule has 0 aromatic carbocycles. The zero-order valence-corrected chi connectivity index (χ0v) is 16.3. The molecule has 3 nitrogen and oxygen atoms in total. The van der Waals surface area contributed by atoms with Gasteiger partial charge in [0.05, 0.1) is 24.9 Å². The van der Waals surface area contributed by atoms with Crippen LogP contribution < -0.4 is 0 Å². The average Bonchev–Trinajstić information content (AvgIpc) is 2.54. The third-order valence-corrected chi connectivity index (χ3v) is 6.65. The molecule has 3 rings (SSSR count). The maximum Gasteiger partial charge on any atom is 0.155 e. The van der Waals surface area contributed by atoms with Crippen molar-refractivity contribution in [1.29, 1.82) is 0 Å². The molecule has 0 N–H and O–H groups in total. The van der Waals surface area contributed by atoms with E-state index in [0.29, 0.717) is 29.8 Å². The lowest BCUT2D eigenvalue weighted by atomic mass is 9.70. The van der Waals surface area contributed by atoms with Crippen LogP contribution in [0.15, 0.2) is 11.6 Å². The Morgan fingerprint density at radius 3 is 2.33 bits per heavy atom. The standard InChI is InChI=1S/C21H36O3/c1-12-7-8-13(2)18(9-12)20-14(3)10-19(16(5)23-20)21-15(4)11-22-17(6)24-21/h7,13-21H,8-11H2,1-6H3. The topological polar surface area (TPSA) is 27.7 Å². The van der Waals surface area contributed by atoms with Crippen LogP contribution in [0.1, 0.15) is 60.8 Å². The molecule has 0 spiro atoms. The SMILES string of the molecule is CC1=CCC(C)C(C2OC(C)C(C3OC(C)OCC3C)CC2C)C1. The summed E-state index contributed by atoms with van der Waals surface area (Å²) >= 11 is 0. The van der Waals surface area contributed by atoms with E-state index < -0.39 is 0 Å². The van der Waals surface area contributed by atoms with Crippen molar-refractivity contribution in [3.63, 3.8) is 0 Å². The molecule has 0 bridgehead atoms. The lowest BCUT2D eigenvalue weighted by molar-refractivity contribution is -0.261. The van der Waals surface area contributed by atoms with E-state index >= 15 is 0 Å². The van der Waals surface area contributed by atoms with Crippen LogP contribution in [0.3, 0.4) is 0 Å². The van der Waals surface area contributed by atoms with Crippen molar-refractivity contribution in [3.8, 4) is 0 Å². The summed E-state index contributed by atoms with van der Waals surface area (Å²) in [6.07, 6.45) is 6.87. The highest BCUT2D eigenvalue weighted by Gasteiger charge is 2.45. The first-order valence-corrected chi connectivity index (χ1v) is 9.95. The quantitative estimate of drug-likeness (QED) is 0.678. The lowest BCUT2D eigenvalue weighted by Crippen LogP contribution is -2.52. The molecule has 9 atom stereocenters. The minimum Gasteiger partial charge on any atom is -0.374 e. The molecule has 138 valence electrons. The third-order valence-electron chi connectivity index (χ3n) is 6.65. The van der Waals surface area contributed by atoms with Gasteiger partial charge in [-0.1, -0.05) is 32.4 Å². The first kappa shape index (κ1) is 18.4. The number of hydrogen-bond donors (Lipinski definition) is 0. The van der Waals surface area contributed by atoms with Crippen LogP contribution in [0, 0.1) is 29.6 Å². The van der Waals surface area contributed by atoms with E-state index in [9.17, 15) is 0 Å². The molecule has 0 radical (unpaired) electrons. The van der Waals surface area contributed by atoms with Crippen molar-refractivity contribution in [2.24, 2.45) is 29.6 Å². The van der Waals surface area contributed by atoms with Crippen LogP contribution in [0.2, 0.25) is 0 Å². The number of hydrogen-bond acceptors (Lipinski definition) is 3. The molecule has 9 unspecified atom stereocenters. The summed E-state index contributed by atoms with van der Waals surface area (Å²) in [5.41, 5.74) is 1.54. The van der Waals surface area contributed by atoms with Crippen molar-refractivity contribution in [1.82, 2.24) is 0 Å². The number of rotatable bonds is 2. The van der Waals surface area contributed by atoms with Gasteiger partial charge >= 0.3 is 0 Å². The average molecular weight is 337 g/mol. The smallest absolute Gasteiger partial charge is 0.155 e. The molecule has 2 fully saturated rings. The van der Waals surface area contributed by atoms with Crippen molar-refractivity contribution in [3.05, 3.63) is 11.6 Å². The maximum absolute atomic E-state index is 6.66. The van der Waals surface area contributed by atoms with Gasteiger partial charge in [0.2, 0.25) is 0 Å². The zero-order chi connectivity index (χ0) is 17.4. The van der Waals surface area contributed by atoms with Crippen LogP contribution in [-0.4, -0.2) is 31.2 Å². The van der Waals surface area contributed by atoms with E-state index in [-0.39, 0.29) is 18.5 Å². The van der Waals surface area contributed by atoms with Gasteiger partial charge in [-0.15, -0.1) is 0 Å². The summed E-state index contributed by atoms with van der Waals surface area (Å²) in [7, 11) is 0. The van der Waals surface area contributed by atoms with Gasteiger partial charge in [0.15, 0.2) is 6.29 Å². The van der Waals surface area contributed by atoms with Crippen LogP contribution in [0.4, 0.5) is 0 Å². The third kappa shape index (κ3) is 3.73. The van der Waals surface area contributed by atoms with Crippen LogP contribution >= 0.6 is 0 Å². The Hall–Kier alpha value is -0.380. The summed E-state index contributed by atoms with van der Waals surface area (Å²) in [6.45, 7) is 14.4. The van der Waals surface area contributed by atoms with Crippen LogP contribution in [-0.2, 0) is 14.2 Å². The second-order valence-electron chi connectivity index (χ2n) is 8.79. The maximum atomic E-state index is 6.66. The summed E-state index contributed by atoms with van der Waals surface area (Å²) in [5, 5.41) is 0. The zero-order valence-electron chi connectivity index (χ0n) is 16.3. The molecule has 24 heavy (non-hydrogen) atoms. The molecule has 0 saturated carbocycles. The predicted octanol–water partition coefficient (Wildman–Crippen LogP) is 4.81. The molecule has 1 aliphatic carbocycles. The molecule has 0 amide bonds. The Morgan fingerprint density at radius 1 is 0.875 bits per heavy atom. The highest BCUT2D eigenvalue weighted by molar-refractivity contribution is 5.07. The summed E-state index contributed by atoms with van der Waals surface area (Å²) in [5.74, 6) is 2.91. The Morgan fingerprint density at radius 2 is 1.58 bits per heavy atom. The Kier molecular flexibility index (Phi) is 5.73. The van der Waals surface area contributed by atoms with E-state index in [1.165, 1.54) is 19.3 Å². The van der Waals surface area contributed by atoms with Gasteiger partial charge in [0.25, 0.3) is 0 Å².